The number of nitrogens with one attached hydrogen (secondary N) is 2. The van der Waals surface area contributed by atoms with Crippen LogP contribution in [0.1, 0.15) is 18.1 Å². The topological polar surface area (TPSA) is 103 Å². The maximum Gasteiger partial charge on any atom is 0.255 e. The number of ether oxygens (including phenoxy) is 2. The Kier molecular flexibility index (Phi) is 6.65. The van der Waals surface area contributed by atoms with Crippen LogP contribution in [0.5, 0.6) is 11.5 Å². The van der Waals surface area contributed by atoms with Crippen molar-refractivity contribution in [1.82, 2.24) is 0 Å². The molecule has 0 saturated carbocycles. The zero-order valence-electron chi connectivity index (χ0n) is 16.0. The Labute approximate surface area is 158 Å². The second-order valence-corrected chi connectivity index (χ2v) is 6.27. The minimum atomic E-state index is -0.587. The summed E-state index contributed by atoms with van der Waals surface area (Å²) in [5, 5.41) is 5.99. The number of benzene rings is 2. The van der Waals surface area contributed by atoms with Gasteiger partial charge in [0, 0.05) is 17.4 Å². The van der Waals surface area contributed by atoms with Crippen molar-refractivity contribution in [2.24, 2.45) is 5.73 Å². The van der Waals surface area contributed by atoms with Crippen LogP contribution in [0.2, 0.25) is 0 Å². The number of hydrogen-bond donors (Lipinski definition) is 3. The third-order valence-electron chi connectivity index (χ3n) is 4.08. The number of primary amides is 1. The number of anilines is 2. The molecule has 0 aromatic heterocycles. The van der Waals surface area contributed by atoms with Crippen LogP contribution in [0.25, 0.3) is 0 Å². The lowest BCUT2D eigenvalue weighted by molar-refractivity contribution is -0.120. The summed E-state index contributed by atoms with van der Waals surface area (Å²) >= 11 is 0. The summed E-state index contributed by atoms with van der Waals surface area (Å²) < 4.78 is 10.6. The van der Waals surface area contributed by atoms with E-state index in [1.165, 1.54) is 12.7 Å². The Balaban J connectivity index is 2.05. The molecule has 2 amide bonds. The Bertz CT molecular complexity index is 836. The summed E-state index contributed by atoms with van der Waals surface area (Å²) in [4.78, 5) is 23.4. The van der Waals surface area contributed by atoms with Gasteiger partial charge >= 0.3 is 0 Å². The standard InChI is InChI=1S/C20H25N3O4/c1-12-5-6-15(9-13(12)2)23-20(25)14(3)22-16-7-8-17(26-4)18(10-16)27-11-19(21)24/h5-10,14,22H,11H2,1-4H3,(H2,21,24)(H,23,25). The Morgan fingerprint density at radius 1 is 1.04 bits per heavy atom. The van der Waals surface area contributed by atoms with E-state index in [1.54, 1.807) is 25.1 Å². The highest BCUT2D eigenvalue weighted by molar-refractivity contribution is 5.96. The van der Waals surface area contributed by atoms with E-state index >= 15 is 0 Å². The molecule has 0 bridgehead atoms. The molecule has 0 heterocycles. The van der Waals surface area contributed by atoms with Crippen molar-refractivity contribution in [3.63, 3.8) is 0 Å². The van der Waals surface area contributed by atoms with Gasteiger partial charge in [-0.1, -0.05) is 6.07 Å². The van der Waals surface area contributed by atoms with E-state index in [-0.39, 0.29) is 12.5 Å². The maximum atomic E-state index is 12.4. The second-order valence-electron chi connectivity index (χ2n) is 6.27. The number of carbonyl (C=O) groups is 2. The van der Waals surface area contributed by atoms with Gasteiger partial charge in [0.15, 0.2) is 18.1 Å². The van der Waals surface area contributed by atoms with E-state index in [4.69, 9.17) is 15.2 Å². The highest BCUT2D eigenvalue weighted by Crippen LogP contribution is 2.30. The molecule has 0 fully saturated rings. The molecular weight excluding hydrogens is 346 g/mol. The van der Waals surface area contributed by atoms with Gasteiger partial charge in [0.1, 0.15) is 6.04 Å². The van der Waals surface area contributed by atoms with Crippen LogP contribution in [-0.2, 0) is 9.59 Å². The molecule has 0 aliphatic rings. The Hall–Kier alpha value is -3.22. The minimum Gasteiger partial charge on any atom is -0.493 e. The second kappa shape index (κ2) is 8.93. The van der Waals surface area contributed by atoms with Gasteiger partial charge < -0.3 is 25.8 Å². The van der Waals surface area contributed by atoms with Crippen molar-refractivity contribution in [1.29, 1.82) is 0 Å². The predicted octanol–water partition coefficient (Wildman–Crippen LogP) is 2.62. The van der Waals surface area contributed by atoms with Crippen molar-refractivity contribution < 1.29 is 19.1 Å². The Morgan fingerprint density at radius 2 is 1.74 bits per heavy atom. The number of amides is 2. The number of hydrogen-bond acceptors (Lipinski definition) is 5. The molecule has 2 rings (SSSR count). The molecular formula is C20H25N3O4. The lowest BCUT2D eigenvalue weighted by atomic mass is 10.1. The van der Waals surface area contributed by atoms with E-state index in [2.05, 4.69) is 10.6 Å². The molecule has 1 unspecified atom stereocenters. The molecule has 0 spiro atoms. The summed E-state index contributed by atoms with van der Waals surface area (Å²) in [6.45, 7) is 5.51. The highest BCUT2D eigenvalue weighted by Gasteiger charge is 2.15. The van der Waals surface area contributed by atoms with Gasteiger partial charge in [0.05, 0.1) is 7.11 Å². The molecule has 1 atom stereocenters. The van der Waals surface area contributed by atoms with Crippen molar-refractivity contribution in [2.45, 2.75) is 26.8 Å². The summed E-state index contributed by atoms with van der Waals surface area (Å²) in [5.74, 6) is 0.0716. The van der Waals surface area contributed by atoms with E-state index in [9.17, 15) is 9.59 Å². The quantitative estimate of drug-likeness (QED) is 0.662. The summed E-state index contributed by atoms with van der Waals surface area (Å²) in [6.07, 6.45) is 0. The van der Waals surface area contributed by atoms with Crippen LogP contribution in [-0.4, -0.2) is 31.6 Å². The summed E-state index contributed by atoms with van der Waals surface area (Å²) in [7, 11) is 1.50. The predicted molar refractivity (Wildman–Crippen MR) is 105 cm³/mol. The molecule has 0 aliphatic carbocycles. The first-order valence-corrected chi connectivity index (χ1v) is 8.54. The first-order valence-electron chi connectivity index (χ1n) is 8.54. The summed E-state index contributed by atoms with van der Waals surface area (Å²) in [6, 6.07) is 10.4. The van der Waals surface area contributed by atoms with Crippen molar-refractivity contribution >= 4 is 23.2 Å². The maximum absolute atomic E-state index is 12.4. The largest absolute Gasteiger partial charge is 0.493 e. The van der Waals surface area contributed by atoms with Crippen LogP contribution in [0, 0.1) is 13.8 Å². The molecule has 7 nitrogen and oxygen atoms in total. The fourth-order valence-electron chi connectivity index (χ4n) is 2.41. The zero-order valence-corrected chi connectivity index (χ0v) is 16.0. The van der Waals surface area contributed by atoms with E-state index in [0.29, 0.717) is 17.2 Å². The molecule has 0 aliphatic heterocycles. The fraction of sp³-hybridized carbons (Fsp3) is 0.300. The SMILES string of the molecule is COc1ccc(NC(C)C(=O)Nc2ccc(C)c(C)c2)cc1OCC(N)=O. The van der Waals surface area contributed by atoms with E-state index < -0.39 is 11.9 Å². The van der Waals surface area contributed by atoms with E-state index in [0.717, 1.165) is 11.3 Å². The summed E-state index contributed by atoms with van der Waals surface area (Å²) in [5.41, 5.74) is 8.79. The molecule has 0 saturated heterocycles. The highest BCUT2D eigenvalue weighted by atomic mass is 16.5. The molecule has 0 radical (unpaired) electrons. The minimum absolute atomic E-state index is 0.173. The number of carbonyl (C=O) groups excluding carboxylic acids is 2. The molecule has 4 N–H and O–H groups in total. The zero-order chi connectivity index (χ0) is 20.0. The number of rotatable bonds is 8. The van der Waals surface area contributed by atoms with Crippen LogP contribution >= 0.6 is 0 Å². The smallest absolute Gasteiger partial charge is 0.255 e. The molecule has 27 heavy (non-hydrogen) atoms. The van der Waals surface area contributed by atoms with Gasteiger partial charge in [0.2, 0.25) is 5.91 Å². The first kappa shape index (κ1) is 20.1. The first-order chi connectivity index (χ1) is 12.8. The molecule has 7 heteroatoms. The average molecular weight is 371 g/mol. The lowest BCUT2D eigenvalue weighted by Crippen LogP contribution is -2.31. The molecule has 2 aromatic carbocycles. The fourth-order valence-corrected chi connectivity index (χ4v) is 2.41. The number of methoxy groups -OCH3 is 1. The van der Waals surface area contributed by atoms with Crippen molar-refractivity contribution in [3.05, 3.63) is 47.5 Å². The van der Waals surface area contributed by atoms with Gasteiger partial charge in [-0.25, -0.2) is 0 Å². The van der Waals surface area contributed by atoms with Crippen LogP contribution < -0.4 is 25.8 Å². The van der Waals surface area contributed by atoms with Gasteiger partial charge in [-0.05, 0) is 56.2 Å². The number of aryl methyl sites for hydroxylation is 2. The van der Waals surface area contributed by atoms with Gasteiger partial charge in [-0.3, -0.25) is 9.59 Å². The normalized spacial score (nSPS) is 11.4. The third-order valence-corrected chi connectivity index (χ3v) is 4.08. The van der Waals surface area contributed by atoms with Crippen LogP contribution in [0.15, 0.2) is 36.4 Å². The molecule has 144 valence electrons. The lowest BCUT2D eigenvalue weighted by Gasteiger charge is -2.17. The Morgan fingerprint density at radius 3 is 2.37 bits per heavy atom. The van der Waals surface area contributed by atoms with Gasteiger partial charge in [0.25, 0.3) is 5.91 Å². The van der Waals surface area contributed by atoms with Crippen molar-refractivity contribution in [3.8, 4) is 11.5 Å². The molecule has 2 aromatic rings. The van der Waals surface area contributed by atoms with Gasteiger partial charge in [-0.15, -0.1) is 0 Å². The monoisotopic (exact) mass is 371 g/mol. The van der Waals surface area contributed by atoms with E-state index in [1.807, 2.05) is 32.0 Å². The number of nitrogens with two attached hydrogens (primary N) is 1. The van der Waals surface area contributed by atoms with Crippen molar-refractivity contribution in [2.75, 3.05) is 24.4 Å². The average Bonchev–Trinajstić information content (AvgIpc) is 2.63. The third kappa shape index (κ3) is 5.64. The van der Waals surface area contributed by atoms with Crippen LogP contribution in [0.3, 0.4) is 0 Å². The van der Waals surface area contributed by atoms with Crippen LogP contribution in [0.4, 0.5) is 11.4 Å². The van der Waals surface area contributed by atoms with Gasteiger partial charge in [-0.2, -0.15) is 0 Å².